The van der Waals surface area contributed by atoms with Gasteiger partial charge in [0.05, 0.1) is 5.92 Å². The zero-order valence-corrected chi connectivity index (χ0v) is 8.53. The van der Waals surface area contributed by atoms with Gasteiger partial charge in [0.15, 0.2) is 0 Å². The van der Waals surface area contributed by atoms with Gasteiger partial charge in [-0.25, -0.2) is 0 Å². The minimum absolute atomic E-state index is 0.0591. The Morgan fingerprint density at radius 1 is 1.40 bits per heavy atom. The highest BCUT2D eigenvalue weighted by Gasteiger charge is 2.42. The van der Waals surface area contributed by atoms with Gasteiger partial charge in [-0.2, -0.15) is 0 Å². The van der Waals surface area contributed by atoms with E-state index in [4.69, 9.17) is 5.11 Å². The average molecular weight is 200 g/mol. The van der Waals surface area contributed by atoms with Crippen LogP contribution in [0.2, 0.25) is 0 Å². The normalized spacial score (nSPS) is 22.7. The van der Waals surface area contributed by atoms with Crippen LogP contribution in [0.4, 0.5) is 0 Å². The molecule has 0 unspecified atom stereocenters. The second kappa shape index (κ2) is 3.78. The van der Waals surface area contributed by atoms with E-state index in [0.29, 0.717) is 6.42 Å². The summed E-state index contributed by atoms with van der Waals surface area (Å²) >= 11 is 0. The SMILES string of the molecule is Cc1ccc(C#C[C@@H]2C[C@H]2C(=O)O)cc1. The first-order valence-corrected chi connectivity index (χ1v) is 4.98. The zero-order valence-electron chi connectivity index (χ0n) is 8.53. The minimum Gasteiger partial charge on any atom is -0.481 e. The van der Waals surface area contributed by atoms with E-state index in [9.17, 15) is 4.79 Å². The second-order valence-corrected chi connectivity index (χ2v) is 3.92. The molecule has 15 heavy (non-hydrogen) atoms. The molecular weight excluding hydrogens is 188 g/mol. The summed E-state index contributed by atoms with van der Waals surface area (Å²) in [7, 11) is 0. The van der Waals surface area contributed by atoms with E-state index in [1.165, 1.54) is 5.56 Å². The smallest absolute Gasteiger partial charge is 0.307 e. The molecule has 1 N–H and O–H groups in total. The fourth-order valence-electron chi connectivity index (χ4n) is 1.44. The molecule has 0 bridgehead atoms. The molecule has 76 valence electrons. The second-order valence-electron chi connectivity index (χ2n) is 3.92. The van der Waals surface area contributed by atoms with Crippen LogP contribution in [0.3, 0.4) is 0 Å². The monoisotopic (exact) mass is 200 g/mol. The van der Waals surface area contributed by atoms with E-state index >= 15 is 0 Å². The van der Waals surface area contributed by atoms with E-state index in [0.717, 1.165) is 5.56 Å². The maximum Gasteiger partial charge on any atom is 0.307 e. The predicted molar refractivity (Wildman–Crippen MR) is 57.3 cm³/mol. The number of carboxylic acids is 1. The molecule has 1 aliphatic rings. The maximum absolute atomic E-state index is 10.6. The molecule has 1 saturated carbocycles. The molecule has 0 aromatic heterocycles. The minimum atomic E-state index is -0.724. The van der Waals surface area contributed by atoms with Crippen molar-refractivity contribution in [2.24, 2.45) is 11.8 Å². The Balaban J connectivity index is 2.01. The Bertz CT molecular complexity index is 434. The first kappa shape index (κ1) is 9.79. The van der Waals surface area contributed by atoms with E-state index in [2.05, 4.69) is 11.8 Å². The standard InChI is InChI=1S/C13H12O2/c1-9-2-4-10(5-3-9)6-7-11-8-12(11)13(14)15/h2-5,11-12H,8H2,1H3,(H,14,15)/t11-,12-/m1/s1. The lowest BCUT2D eigenvalue weighted by atomic mass is 10.1. The van der Waals surface area contributed by atoms with Gasteiger partial charge in [0.25, 0.3) is 0 Å². The van der Waals surface area contributed by atoms with Crippen LogP contribution < -0.4 is 0 Å². The summed E-state index contributed by atoms with van der Waals surface area (Å²) < 4.78 is 0. The fraction of sp³-hybridized carbons (Fsp3) is 0.308. The van der Waals surface area contributed by atoms with Crippen molar-refractivity contribution in [3.63, 3.8) is 0 Å². The van der Waals surface area contributed by atoms with E-state index < -0.39 is 5.97 Å². The molecule has 1 aliphatic carbocycles. The summed E-state index contributed by atoms with van der Waals surface area (Å²) in [5, 5.41) is 8.69. The lowest BCUT2D eigenvalue weighted by Gasteiger charge is -1.91. The Labute approximate surface area is 88.9 Å². The summed E-state index contributed by atoms with van der Waals surface area (Å²) in [6.07, 6.45) is 0.703. The Morgan fingerprint density at radius 3 is 2.60 bits per heavy atom. The van der Waals surface area contributed by atoms with Crippen LogP contribution in [0, 0.1) is 30.6 Å². The molecule has 2 heteroatoms. The van der Waals surface area contributed by atoms with Crippen molar-refractivity contribution in [3.8, 4) is 11.8 Å². The van der Waals surface area contributed by atoms with Crippen molar-refractivity contribution < 1.29 is 9.90 Å². The van der Waals surface area contributed by atoms with Gasteiger partial charge in [0.2, 0.25) is 0 Å². The van der Waals surface area contributed by atoms with Crippen LogP contribution in [0.15, 0.2) is 24.3 Å². The third kappa shape index (κ3) is 2.38. The van der Waals surface area contributed by atoms with Gasteiger partial charge in [0.1, 0.15) is 0 Å². The van der Waals surface area contributed by atoms with Crippen LogP contribution in [0.25, 0.3) is 0 Å². The molecule has 0 radical (unpaired) electrons. The topological polar surface area (TPSA) is 37.3 Å². The summed E-state index contributed by atoms with van der Waals surface area (Å²) in [5.74, 6) is 5.10. The highest BCUT2D eigenvalue weighted by atomic mass is 16.4. The quantitative estimate of drug-likeness (QED) is 0.704. The zero-order chi connectivity index (χ0) is 10.8. The number of carbonyl (C=O) groups is 1. The largest absolute Gasteiger partial charge is 0.481 e. The first-order chi connectivity index (χ1) is 7.16. The average Bonchev–Trinajstić information content (AvgIpc) is 2.96. The van der Waals surface area contributed by atoms with Gasteiger partial charge in [-0.15, -0.1) is 0 Å². The van der Waals surface area contributed by atoms with Crippen LogP contribution in [0.1, 0.15) is 17.5 Å². The van der Waals surface area contributed by atoms with E-state index in [-0.39, 0.29) is 11.8 Å². The molecular formula is C13H12O2. The molecule has 1 fully saturated rings. The van der Waals surface area contributed by atoms with Crippen molar-refractivity contribution in [1.82, 2.24) is 0 Å². The van der Waals surface area contributed by atoms with Gasteiger partial charge >= 0.3 is 5.97 Å². The Hall–Kier alpha value is -1.75. The number of carboxylic acid groups (broad SMARTS) is 1. The molecule has 0 saturated heterocycles. The number of benzene rings is 1. The van der Waals surface area contributed by atoms with Gasteiger partial charge in [-0.05, 0) is 25.5 Å². The number of aryl methyl sites for hydroxylation is 1. The molecule has 0 spiro atoms. The maximum atomic E-state index is 10.6. The van der Waals surface area contributed by atoms with Gasteiger partial charge < -0.3 is 5.11 Å². The predicted octanol–water partition coefficient (Wildman–Crippen LogP) is 2.07. The highest BCUT2D eigenvalue weighted by Crippen LogP contribution is 2.37. The Morgan fingerprint density at radius 2 is 2.07 bits per heavy atom. The summed E-state index contributed by atoms with van der Waals surface area (Å²) in [4.78, 5) is 10.6. The molecule has 2 rings (SSSR count). The van der Waals surface area contributed by atoms with Crippen molar-refractivity contribution in [3.05, 3.63) is 35.4 Å². The highest BCUT2D eigenvalue weighted by molar-refractivity contribution is 5.74. The Kier molecular flexibility index (Phi) is 2.47. The van der Waals surface area contributed by atoms with Crippen molar-refractivity contribution in [2.45, 2.75) is 13.3 Å². The molecule has 0 aliphatic heterocycles. The number of hydrogen-bond acceptors (Lipinski definition) is 1. The number of rotatable bonds is 1. The lowest BCUT2D eigenvalue weighted by Crippen LogP contribution is -1.98. The third-order valence-corrected chi connectivity index (χ3v) is 2.56. The first-order valence-electron chi connectivity index (χ1n) is 4.98. The van der Waals surface area contributed by atoms with E-state index in [1.807, 2.05) is 31.2 Å². The van der Waals surface area contributed by atoms with Crippen molar-refractivity contribution in [1.29, 1.82) is 0 Å². The summed E-state index contributed by atoms with van der Waals surface area (Å²) in [5.41, 5.74) is 2.16. The third-order valence-electron chi connectivity index (χ3n) is 2.56. The van der Waals surface area contributed by atoms with Gasteiger partial charge in [-0.3, -0.25) is 4.79 Å². The van der Waals surface area contributed by atoms with Crippen LogP contribution in [0.5, 0.6) is 0 Å². The van der Waals surface area contributed by atoms with Crippen LogP contribution >= 0.6 is 0 Å². The van der Waals surface area contributed by atoms with Gasteiger partial charge in [0, 0.05) is 11.5 Å². The molecule has 2 nitrogen and oxygen atoms in total. The van der Waals surface area contributed by atoms with Crippen molar-refractivity contribution >= 4 is 5.97 Å². The summed E-state index contributed by atoms with van der Waals surface area (Å²) in [6, 6.07) is 7.93. The van der Waals surface area contributed by atoms with Gasteiger partial charge in [-0.1, -0.05) is 29.5 Å². The molecule has 0 amide bonds. The number of hydrogen-bond donors (Lipinski definition) is 1. The lowest BCUT2D eigenvalue weighted by molar-refractivity contribution is -0.138. The van der Waals surface area contributed by atoms with Crippen LogP contribution in [-0.4, -0.2) is 11.1 Å². The van der Waals surface area contributed by atoms with Crippen LogP contribution in [-0.2, 0) is 4.79 Å². The summed E-state index contributed by atoms with van der Waals surface area (Å²) in [6.45, 7) is 2.03. The molecule has 1 aromatic carbocycles. The molecule has 0 heterocycles. The van der Waals surface area contributed by atoms with Crippen molar-refractivity contribution in [2.75, 3.05) is 0 Å². The number of aliphatic carboxylic acids is 1. The fourth-order valence-corrected chi connectivity index (χ4v) is 1.44. The molecule has 2 atom stereocenters. The van der Waals surface area contributed by atoms with E-state index in [1.54, 1.807) is 0 Å². The molecule has 1 aromatic rings.